The van der Waals surface area contributed by atoms with Crippen LogP contribution in [0.1, 0.15) is 54.6 Å². The zero-order chi connectivity index (χ0) is 26.2. The minimum absolute atomic E-state index is 0.0989. The number of hydrogen-bond acceptors (Lipinski definition) is 6. The fourth-order valence-electron chi connectivity index (χ4n) is 4.97. The molecule has 1 saturated carbocycles. The van der Waals surface area contributed by atoms with E-state index in [4.69, 9.17) is 4.74 Å². The predicted molar refractivity (Wildman–Crippen MR) is 135 cm³/mol. The first-order valence-electron chi connectivity index (χ1n) is 12.4. The van der Waals surface area contributed by atoms with E-state index >= 15 is 0 Å². The Balaban J connectivity index is 0.000000674. The monoisotopic (exact) mass is 495 g/mol. The molecular weight excluding hydrogens is 461 g/mol. The molecule has 0 radical (unpaired) electrons. The first-order valence-corrected chi connectivity index (χ1v) is 12.4. The highest BCUT2D eigenvalue weighted by atomic mass is 19.1. The number of carbonyl (C=O) groups excluding carboxylic acids is 2. The van der Waals surface area contributed by atoms with E-state index in [1.54, 1.807) is 38.5 Å². The lowest BCUT2D eigenvalue weighted by atomic mass is 9.97. The van der Waals surface area contributed by atoms with Gasteiger partial charge in [0.1, 0.15) is 18.5 Å². The molecule has 1 saturated heterocycles. The number of methoxy groups -OCH3 is 1. The smallest absolute Gasteiger partial charge is 0.338 e. The summed E-state index contributed by atoms with van der Waals surface area (Å²) in [5.41, 5.74) is 3.16. The van der Waals surface area contributed by atoms with E-state index in [0.717, 1.165) is 30.4 Å². The van der Waals surface area contributed by atoms with E-state index in [2.05, 4.69) is 21.4 Å². The second-order valence-corrected chi connectivity index (χ2v) is 8.97. The van der Waals surface area contributed by atoms with Crippen molar-refractivity contribution in [3.05, 3.63) is 58.9 Å². The number of nitriles is 1. The van der Waals surface area contributed by atoms with Crippen LogP contribution in [0.25, 0.3) is 11.1 Å². The number of piperidine rings is 1. The normalized spacial score (nSPS) is 21.7. The van der Waals surface area contributed by atoms with Crippen LogP contribution in [-0.4, -0.2) is 44.2 Å². The average molecular weight is 496 g/mol. The van der Waals surface area contributed by atoms with Gasteiger partial charge >= 0.3 is 5.97 Å². The van der Waals surface area contributed by atoms with Crippen LogP contribution in [0.5, 0.6) is 0 Å². The largest absolute Gasteiger partial charge is 0.457 e. The molecule has 2 aromatic carbocycles. The number of benzene rings is 2. The zero-order valence-electron chi connectivity index (χ0n) is 21.3. The molecule has 0 spiro atoms. The molecule has 36 heavy (non-hydrogen) atoms. The maximum absolute atomic E-state index is 14.8. The molecule has 2 heterocycles. The van der Waals surface area contributed by atoms with Crippen molar-refractivity contribution in [3.8, 4) is 17.2 Å². The van der Waals surface area contributed by atoms with Crippen LogP contribution in [-0.2, 0) is 27.3 Å². The Morgan fingerprint density at radius 2 is 1.92 bits per heavy atom. The second kappa shape index (κ2) is 12.6. The van der Waals surface area contributed by atoms with Gasteiger partial charge in [0.15, 0.2) is 0 Å². The molecule has 2 fully saturated rings. The number of halogens is 1. The topological polar surface area (TPSA) is 100 Å². The molecule has 192 valence electrons. The number of rotatable bonds is 5. The Bertz CT molecular complexity index is 1130. The summed E-state index contributed by atoms with van der Waals surface area (Å²) < 4.78 is 24.1. The van der Waals surface area contributed by atoms with Gasteiger partial charge in [-0.1, -0.05) is 32.0 Å². The first-order chi connectivity index (χ1) is 17.4. The summed E-state index contributed by atoms with van der Waals surface area (Å²) in [5, 5.41) is 15.6. The molecule has 2 aliphatic heterocycles. The lowest BCUT2D eigenvalue weighted by Gasteiger charge is -2.23. The summed E-state index contributed by atoms with van der Waals surface area (Å²) in [5.74, 6) is -0.620. The predicted octanol–water partition coefficient (Wildman–Crippen LogP) is 4.14. The molecule has 5 rings (SSSR count). The third-order valence-corrected chi connectivity index (χ3v) is 6.61. The van der Waals surface area contributed by atoms with Gasteiger partial charge in [-0.2, -0.15) is 5.26 Å². The fourth-order valence-corrected chi connectivity index (χ4v) is 4.97. The molecule has 8 heteroatoms. The van der Waals surface area contributed by atoms with Crippen molar-refractivity contribution in [1.82, 2.24) is 10.6 Å². The average Bonchev–Trinajstić information content (AvgIpc) is 3.62. The maximum atomic E-state index is 14.8. The lowest BCUT2D eigenvalue weighted by molar-refractivity contribution is -0.124. The number of ether oxygens (including phenoxy) is 2. The van der Waals surface area contributed by atoms with Crippen molar-refractivity contribution in [1.29, 1.82) is 5.26 Å². The zero-order valence-corrected chi connectivity index (χ0v) is 21.3. The highest BCUT2D eigenvalue weighted by Gasteiger charge is 2.43. The van der Waals surface area contributed by atoms with Crippen LogP contribution in [0, 0.1) is 23.1 Å². The van der Waals surface area contributed by atoms with Crippen LogP contribution in [0.15, 0.2) is 36.4 Å². The second-order valence-electron chi connectivity index (χ2n) is 8.97. The first kappa shape index (κ1) is 27.3. The van der Waals surface area contributed by atoms with Crippen molar-refractivity contribution >= 4 is 11.9 Å². The van der Waals surface area contributed by atoms with Crippen molar-refractivity contribution < 1.29 is 23.5 Å². The van der Waals surface area contributed by atoms with Gasteiger partial charge in [0.25, 0.3) is 0 Å². The number of carbonyl (C=O) groups is 2. The number of amides is 1. The highest BCUT2D eigenvalue weighted by Crippen LogP contribution is 2.35. The van der Waals surface area contributed by atoms with Gasteiger partial charge in [-0.3, -0.25) is 4.79 Å². The van der Waals surface area contributed by atoms with Crippen molar-refractivity contribution in [2.45, 2.75) is 64.3 Å². The van der Waals surface area contributed by atoms with Crippen molar-refractivity contribution in [3.63, 3.8) is 0 Å². The molecule has 2 N–H and O–H groups in total. The van der Waals surface area contributed by atoms with E-state index in [-0.39, 0.29) is 30.9 Å². The van der Waals surface area contributed by atoms with Gasteiger partial charge in [0.2, 0.25) is 5.91 Å². The van der Waals surface area contributed by atoms with Crippen LogP contribution in [0.2, 0.25) is 0 Å². The summed E-state index contributed by atoms with van der Waals surface area (Å²) in [6, 6.07) is 11.6. The number of hydrogen-bond donors (Lipinski definition) is 2. The van der Waals surface area contributed by atoms with Gasteiger partial charge in [-0.05, 0) is 60.1 Å². The molecule has 2 aromatic rings. The Hall–Kier alpha value is -3.28. The van der Waals surface area contributed by atoms with Gasteiger partial charge in [0.05, 0.1) is 17.7 Å². The molecule has 2 bridgehead atoms. The standard InChI is InChI=1S/C24H22FN3O3.C2H6O.C2H6/c25-21-10-14(13-4-6-20-17(7-13)12-31-24(20)30)1-2-15(21)8-19(11-26)28-23(29)22-16-3-5-18(9-16)27-22;1-3-2;1-2/h1-2,4,6-7,10,16,18-19,22,27H,3,5,8-9,12H2,(H,28,29);1-2H3;1-2H3/t16?,18?,19-,22?;;/m0../s1. The van der Waals surface area contributed by atoms with Gasteiger partial charge in [-0.15, -0.1) is 0 Å². The third-order valence-electron chi connectivity index (χ3n) is 6.61. The van der Waals surface area contributed by atoms with Gasteiger partial charge in [0, 0.05) is 32.2 Å². The molecule has 3 unspecified atom stereocenters. The minimum Gasteiger partial charge on any atom is -0.457 e. The molecule has 0 aromatic heterocycles. The summed E-state index contributed by atoms with van der Waals surface area (Å²) >= 11 is 0. The van der Waals surface area contributed by atoms with E-state index in [0.29, 0.717) is 28.7 Å². The molecule has 7 nitrogen and oxygen atoms in total. The molecule has 3 aliphatic rings. The lowest BCUT2D eigenvalue weighted by Crippen LogP contribution is -2.50. The summed E-state index contributed by atoms with van der Waals surface area (Å²) in [7, 11) is 3.25. The fraction of sp³-hybridized carbons (Fsp3) is 0.464. The van der Waals surface area contributed by atoms with Crippen LogP contribution in [0.3, 0.4) is 0 Å². The van der Waals surface area contributed by atoms with E-state index in [9.17, 15) is 19.2 Å². The number of cyclic esters (lactones) is 1. The van der Waals surface area contributed by atoms with Crippen LogP contribution in [0.4, 0.5) is 4.39 Å². The molecule has 4 atom stereocenters. The maximum Gasteiger partial charge on any atom is 0.338 e. The Labute approximate surface area is 212 Å². The molecule has 1 amide bonds. The minimum atomic E-state index is -0.795. The SMILES string of the molecule is CC.COC.N#C[C@H](Cc1ccc(-c2ccc3c(c2)COC3=O)cc1F)NC(=O)C1NC2CCC1C2. The molecule has 1 aliphatic carbocycles. The van der Waals surface area contributed by atoms with Gasteiger partial charge < -0.3 is 20.1 Å². The number of esters is 1. The van der Waals surface area contributed by atoms with Crippen LogP contribution >= 0.6 is 0 Å². The van der Waals surface area contributed by atoms with Crippen molar-refractivity contribution in [2.24, 2.45) is 5.92 Å². The molecular formula is C28H34FN3O4. The summed E-state index contributed by atoms with van der Waals surface area (Å²) in [6.45, 7) is 4.23. The summed E-state index contributed by atoms with van der Waals surface area (Å²) in [6.07, 6.45) is 3.24. The van der Waals surface area contributed by atoms with E-state index < -0.39 is 11.9 Å². The van der Waals surface area contributed by atoms with E-state index in [1.165, 1.54) is 6.07 Å². The number of nitrogens with one attached hydrogen (secondary N) is 2. The number of nitrogens with zero attached hydrogens (tertiary/aromatic N) is 1. The highest BCUT2D eigenvalue weighted by molar-refractivity contribution is 5.94. The van der Waals surface area contributed by atoms with Crippen LogP contribution < -0.4 is 10.6 Å². The van der Waals surface area contributed by atoms with E-state index in [1.807, 2.05) is 19.9 Å². The third kappa shape index (κ3) is 6.10. The Morgan fingerprint density at radius 3 is 2.53 bits per heavy atom. The number of fused-ring (bicyclic) bond motifs is 3. The van der Waals surface area contributed by atoms with Crippen molar-refractivity contribution in [2.75, 3.05) is 14.2 Å². The Kier molecular flexibility index (Phi) is 9.57. The quantitative estimate of drug-likeness (QED) is 0.605. The summed E-state index contributed by atoms with van der Waals surface area (Å²) in [4.78, 5) is 24.2. The van der Waals surface area contributed by atoms with Gasteiger partial charge in [-0.25, -0.2) is 9.18 Å². The Morgan fingerprint density at radius 1 is 1.22 bits per heavy atom.